The first-order valence-corrected chi connectivity index (χ1v) is 6.97. The Morgan fingerprint density at radius 3 is 2.67 bits per heavy atom. The zero-order valence-electron chi connectivity index (χ0n) is 10.8. The Kier molecular flexibility index (Phi) is 3.29. The van der Waals surface area contributed by atoms with Crippen molar-refractivity contribution in [2.75, 3.05) is 11.4 Å². The third-order valence-electron chi connectivity index (χ3n) is 3.53. The number of fused-ring (bicyclic) bond motifs is 1. The summed E-state index contributed by atoms with van der Waals surface area (Å²) in [5.41, 5.74) is 1.73. The fourth-order valence-corrected chi connectivity index (χ4v) is 2.78. The van der Waals surface area contributed by atoms with E-state index in [-0.39, 0.29) is 11.3 Å². The summed E-state index contributed by atoms with van der Waals surface area (Å²) in [5.74, 6) is 0.00428. The summed E-state index contributed by atoms with van der Waals surface area (Å²) in [4.78, 5) is 13.7. The molecule has 1 heterocycles. The molecule has 1 aliphatic rings. The van der Waals surface area contributed by atoms with Crippen LogP contribution >= 0.6 is 0 Å². The van der Waals surface area contributed by atoms with Crippen LogP contribution in [0.15, 0.2) is 23.1 Å². The van der Waals surface area contributed by atoms with Crippen LogP contribution in [0, 0.1) is 0 Å². The molecule has 0 saturated heterocycles. The maximum atomic E-state index is 11.6. The van der Waals surface area contributed by atoms with Crippen molar-refractivity contribution in [3.05, 3.63) is 23.8 Å². The van der Waals surface area contributed by atoms with Gasteiger partial charge in [0.2, 0.25) is 5.91 Å². The molecule has 0 spiro atoms. The summed E-state index contributed by atoms with van der Waals surface area (Å²) in [6.07, 6.45) is 0.848. The van der Waals surface area contributed by atoms with Crippen molar-refractivity contribution in [1.82, 2.24) is 0 Å². The Balaban J connectivity index is 2.59. The van der Waals surface area contributed by atoms with E-state index in [1.807, 2.05) is 0 Å². The van der Waals surface area contributed by atoms with Crippen molar-refractivity contribution in [1.29, 1.82) is 0 Å². The highest BCUT2D eigenvalue weighted by Crippen LogP contribution is 2.40. The molecule has 2 rings (SSSR count). The van der Waals surface area contributed by atoms with Crippen molar-refractivity contribution in [2.24, 2.45) is 0 Å². The lowest BCUT2D eigenvalue weighted by atomic mass is 9.77. The van der Waals surface area contributed by atoms with Crippen LogP contribution in [-0.2, 0) is 21.3 Å². The van der Waals surface area contributed by atoms with Crippen molar-refractivity contribution in [3.63, 3.8) is 0 Å². The monoisotopic (exact) mass is 267 g/mol. The highest BCUT2D eigenvalue weighted by molar-refractivity contribution is 7.79. The molecule has 1 atom stereocenters. The molecule has 0 radical (unpaired) electrons. The number of carbonyl (C=O) groups excluding carboxylic acids is 1. The van der Waals surface area contributed by atoms with Crippen molar-refractivity contribution < 1.29 is 13.6 Å². The highest BCUT2D eigenvalue weighted by atomic mass is 32.2. The molecule has 5 heteroatoms. The van der Waals surface area contributed by atoms with Crippen LogP contribution in [0.4, 0.5) is 5.69 Å². The molecule has 0 fully saturated rings. The van der Waals surface area contributed by atoms with Gasteiger partial charge in [0.25, 0.3) is 0 Å². The SMILES string of the molecule is CC(=O)N1CCC(C)(C)c2cc(S(=O)O)ccc21. The molecular formula is C13H17NO3S. The van der Waals surface area contributed by atoms with Gasteiger partial charge in [-0.25, -0.2) is 4.21 Å². The predicted octanol–water partition coefficient (Wildman–Crippen LogP) is 2.30. The second kappa shape index (κ2) is 4.48. The maximum absolute atomic E-state index is 11.6. The summed E-state index contributed by atoms with van der Waals surface area (Å²) < 4.78 is 20.3. The summed E-state index contributed by atoms with van der Waals surface area (Å²) in [6.45, 7) is 6.41. The Morgan fingerprint density at radius 2 is 2.11 bits per heavy atom. The highest BCUT2D eigenvalue weighted by Gasteiger charge is 2.33. The van der Waals surface area contributed by atoms with E-state index >= 15 is 0 Å². The van der Waals surface area contributed by atoms with E-state index in [9.17, 15) is 9.00 Å². The molecule has 1 aromatic carbocycles. The molecule has 0 aliphatic carbocycles. The molecule has 18 heavy (non-hydrogen) atoms. The average molecular weight is 267 g/mol. The van der Waals surface area contributed by atoms with Gasteiger partial charge in [0.15, 0.2) is 11.1 Å². The lowest BCUT2D eigenvalue weighted by Gasteiger charge is -2.38. The van der Waals surface area contributed by atoms with Crippen LogP contribution in [0.3, 0.4) is 0 Å². The Bertz CT molecular complexity index is 525. The van der Waals surface area contributed by atoms with Gasteiger partial charge in [0.1, 0.15) is 0 Å². The molecular weight excluding hydrogens is 250 g/mol. The average Bonchev–Trinajstić information content (AvgIpc) is 2.28. The standard InChI is InChI=1S/C13H17NO3S/c1-9(15)14-7-6-13(2,3)11-8-10(18(16)17)4-5-12(11)14/h4-5,8H,6-7H2,1-3H3,(H,16,17). The molecule has 0 aromatic heterocycles. The van der Waals surface area contributed by atoms with Crippen molar-refractivity contribution in [3.8, 4) is 0 Å². The van der Waals surface area contributed by atoms with E-state index in [4.69, 9.17) is 4.55 Å². The number of carbonyl (C=O) groups is 1. The summed E-state index contributed by atoms with van der Waals surface area (Å²) in [7, 11) is 0. The number of nitrogens with zero attached hydrogens (tertiary/aromatic N) is 1. The fraction of sp³-hybridized carbons (Fsp3) is 0.462. The van der Waals surface area contributed by atoms with Crippen LogP contribution in [0.1, 0.15) is 32.8 Å². The summed E-state index contributed by atoms with van der Waals surface area (Å²) in [6, 6.07) is 5.11. The van der Waals surface area contributed by atoms with Crippen molar-refractivity contribution >= 4 is 22.7 Å². The van der Waals surface area contributed by atoms with Gasteiger partial charge >= 0.3 is 0 Å². The molecule has 1 amide bonds. The molecule has 98 valence electrons. The van der Waals surface area contributed by atoms with Gasteiger partial charge < -0.3 is 9.45 Å². The maximum Gasteiger partial charge on any atom is 0.223 e. The minimum atomic E-state index is -1.99. The van der Waals surface area contributed by atoms with E-state index in [1.165, 1.54) is 0 Å². The molecule has 0 bridgehead atoms. The van der Waals surface area contributed by atoms with Crippen LogP contribution in [0.5, 0.6) is 0 Å². The number of anilines is 1. The summed E-state index contributed by atoms with van der Waals surface area (Å²) in [5, 5.41) is 0. The number of hydrogen-bond donors (Lipinski definition) is 1. The minimum Gasteiger partial charge on any atom is -0.312 e. The topological polar surface area (TPSA) is 57.6 Å². The van der Waals surface area contributed by atoms with E-state index in [0.29, 0.717) is 11.4 Å². The first-order chi connectivity index (χ1) is 8.33. The van der Waals surface area contributed by atoms with E-state index in [1.54, 1.807) is 30.0 Å². The van der Waals surface area contributed by atoms with E-state index in [2.05, 4.69) is 13.8 Å². The van der Waals surface area contributed by atoms with E-state index < -0.39 is 11.1 Å². The Morgan fingerprint density at radius 1 is 1.44 bits per heavy atom. The lowest BCUT2D eigenvalue weighted by molar-refractivity contribution is -0.116. The van der Waals surface area contributed by atoms with Gasteiger partial charge in [0.05, 0.1) is 4.90 Å². The summed E-state index contributed by atoms with van der Waals surface area (Å²) >= 11 is -1.99. The molecule has 1 aromatic rings. The molecule has 1 N–H and O–H groups in total. The minimum absolute atomic E-state index is 0.00428. The van der Waals surface area contributed by atoms with Crippen LogP contribution in [0.2, 0.25) is 0 Å². The van der Waals surface area contributed by atoms with Crippen LogP contribution in [0.25, 0.3) is 0 Å². The number of hydrogen-bond acceptors (Lipinski definition) is 2. The second-order valence-electron chi connectivity index (χ2n) is 5.23. The first-order valence-electron chi connectivity index (χ1n) is 5.86. The first kappa shape index (κ1) is 13.2. The molecule has 1 aliphatic heterocycles. The zero-order valence-corrected chi connectivity index (χ0v) is 11.6. The van der Waals surface area contributed by atoms with Crippen LogP contribution < -0.4 is 4.90 Å². The number of rotatable bonds is 1. The number of amides is 1. The van der Waals surface area contributed by atoms with Gasteiger partial charge in [-0.1, -0.05) is 13.8 Å². The van der Waals surface area contributed by atoms with Gasteiger partial charge in [0, 0.05) is 19.2 Å². The normalized spacial score (nSPS) is 19.2. The van der Waals surface area contributed by atoms with E-state index in [0.717, 1.165) is 17.7 Å². The quantitative estimate of drug-likeness (QED) is 0.794. The van der Waals surface area contributed by atoms with Gasteiger partial charge in [-0.15, -0.1) is 0 Å². The van der Waals surface area contributed by atoms with Crippen LogP contribution in [-0.4, -0.2) is 21.2 Å². The smallest absolute Gasteiger partial charge is 0.223 e. The molecule has 0 saturated carbocycles. The Labute approximate surface area is 109 Å². The number of benzene rings is 1. The second-order valence-corrected chi connectivity index (χ2v) is 6.20. The van der Waals surface area contributed by atoms with Gasteiger partial charge in [-0.05, 0) is 35.6 Å². The fourth-order valence-electron chi connectivity index (χ4n) is 2.37. The zero-order chi connectivity index (χ0) is 13.5. The predicted molar refractivity (Wildman–Crippen MR) is 71.1 cm³/mol. The largest absolute Gasteiger partial charge is 0.312 e. The molecule has 1 unspecified atom stereocenters. The Hall–Kier alpha value is -1.20. The van der Waals surface area contributed by atoms with Crippen molar-refractivity contribution in [2.45, 2.75) is 37.5 Å². The van der Waals surface area contributed by atoms with Gasteiger partial charge in [-0.3, -0.25) is 4.79 Å². The third-order valence-corrected chi connectivity index (χ3v) is 4.19. The lowest BCUT2D eigenvalue weighted by Crippen LogP contribution is -2.40. The molecule has 4 nitrogen and oxygen atoms in total. The van der Waals surface area contributed by atoms with Gasteiger partial charge in [-0.2, -0.15) is 0 Å². The third kappa shape index (κ3) is 2.20.